The van der Waals surface area contributed by atoms with E-state index in [1.165, 1.54) is 0 Å². The second-order valence-electron chi connectivity index (χ2n) is 2.49. The van der Waals surface area contributed by atoms with Crippen LogP contribution in [0.15, 0.2) is 0 Å². The third kappa shape index (κ3) is 4.68. The third-order valence-electron chi connectivity index (χ3n) is 1.32. The second kappa shape index (κ2) is 3.71. The van der Waals surface area contributed by atoms with Gasteiger partial charge in [0.05, 0.1) is 11.0 Å². The first-order valence-corrected chi connectivity index (χ1v) is 6.66. The number of sulfone groups is 1. The summed E-state index contributed by atoms with van der Waals surface area (Å²) < 4.78 is 50.6. The molecule has 0 bridgehead atoms. The first kappa shape index (κ1) is 11.9. The maximum atomic E-state index is 10.8. The molecule has 1 unspecified atom stereocenters. The van der Waals surface area contributed by atoms with Gasteiger partial charge in [0, 0.05) is 6.26 Å². The van der Waals surface area contributed by atoms with Gasteiger partial charge in [-0.2, -0.15) is 8.42 Å². The Morgan fingerprint density at radius 3 is 1.83 bits per heavy atom. The third-order valence-corrected chi connectivity index (χ3v) is 3.97. The molecule has 0 heterocycles. The van der Waals surface area contributed by atoms with Crippen LogP contribution in [0.1, 0.15) is 6.42 Å². The van der Waals surface area contributed by atoms with Crippen LogP contribution in [0.25, 0.3) is 0 Å². The Morgan fingerprint density at radius 2 is 1.75 bits per heavy atom. The van der Waals surface area contributed by atoms with Gasteiger partial charge >= 0.3 is 0 Å². The first-order valence-electron chi connectivity index (χ1n) is 3.10. The van der Waals surface area contributed by atoms with Crippen molar-refractivity contribution in [3.63, 3.8) is 0 Å². The summed E-state index contributed by atoms with van der Waals surface area (Å²) in [7, 11) is -7.69. The van der Waals surface area contributed by atoms with Crippen LogP contribution < -0.4 is 0 Å². The van der Waals surface area contributed by atoms with E-state index in [2.05, 4.69) is 6.92 Å². The molecule has 0 aromatic heterocycles. The Kier molecular flexibility index (Phi) is 3.67. The molecule has 5 nitrogen and oxygen atoms in total. The lowest BCUT2D eigenvalue weighted by atomic mass is 10.4. The van der Waals surface area contributed by atoms with Crippen molar-refractivity contribution in [2.75, 3.05) is 12.0 Å². The van der Waals surface area contributed by atoms with Crippen molar-refractivity contribution in [1.29, 1.82) is 0 Å². The Hall–Kier alpha value is -0.140. The molecule has 1 N–H and O–H groups in total. The first-order chi connectivity index (χ1) is 5.17. The van der Waals surface area contributed by atoms with E-state index in [1.807, 2.05) is 0 Å². The van der Waals surface area contributed by atoms with Crippen molar-refractivity contribution in [2.45, 2.75) is 11.7 Å². The van der Waals surface area contributed by atoms with E-state index in [9.17, 15) is 16.8 Å². The van der Waals surface area contributed by atoms with Gasteiger partial charge in [-0.15, -0.1) is 0 Å². The zero-order valence-electron chi connectivity index (χ0n) is 6.60. The Morgan fingerprint density at radius 1 is 1.33 bits per heavy atom. The van der Waals surface area contributed by atoms with Gasteiger partial charge in [0.25, 0.3) is 10.1 Å². The number of rotatable bonds is 4. The van der Waals surface area contributed by atoms with Crippen LogP contribution in [0.2, 0.25) is 0 Å². The van der Waals surface area contributed by atoms with Gasteiger partial charge in [0.2, 0.25) is 0 Å². The molecular weight excluding hydrogens is 204 g/mol. The van der Waals surface area contributed by atoms with Gasteiger partial charge in [-0.1, -0.05) is 6.92 Å². The highest BCUT2D eigenvalue weighted by Gasteiger charge is 2.24. The lowest BCUT2D eigenvalue weighted by molar-refractivity contribution is 0.480. The Labute approximate surface area is 72.5 Å². The van der Waals surface area contributed by atoms with Gasteiger partial charge in [-0.3, -0.25) is 4.55 Å². The molecule has 1 radical (unpaired) electrons. The molecule has 0 saturated heterocycles. The van der Waals surface area contributed by atoms with Crippen LogP contribution >= 0.6 is 0 Å². The minimum atomic E-state index is -4.24. The molecule has 0 amide bonds. The molecule has 0 saturated carbocycles. The Balaban J connectivity index is 4.64. The van der Waals surface area contributed by atoms with Crippen LogP contribution in [0, 0.1) is 6.92 Å². The van der Waals surface area contributed by atoms with Crippen molar-refractivity contribution in [2.24, 2.45) is 0 Å². The number of hydrogen-bond acceptors (Lipinski definition) is 4. The van der Waals surface area contributed by atoms with Crippen LogP contribution in [0.3, 0.4) is 0 Å². The zero-order chi connectivity index (χ0) is 9.99. The molecule has 0 spiro atoms. The van der Waals surface area contributed by atoms with Crippen molar-refractivity contribution in [1.82, 2.24) is 0 Å². The average Bonchev–Trinajstić information content (AvgIpc) is 1.78. The fraction of sp³-hybridized carbons (Fsp3) is 0.800. The average molecular weight is 215 g/mol. The van der Waals surface area contributed by atoms with Crippen LogP contribution in [0.4, 0.5) is 0 Å². The molecule has 0 aromatic carbocycles. The summed E-state index contributed by atoms with van der Waals surface area (Å²) in [5, 5.41) is -1.12. The largest absolute Gasteiger partial charge is 0.286 e. The van der Waals surface area contributed by atoms with Gasteiger partial charge in [0.1, 0.15) is 0 Å². The molecule has 0 aliphatic heterocycles. The SMILES string of the molecule is [CH2]CC(CS(=O)(=O)O)S(C)(=O)=O. The molecule has 0 aliphatic rings. The van der Waals surface area contributed by atoms with E-state index in [0.717, 1.165) is 6.26 Å². The van der Waals surface area contributed by atoms with E-state index in [1.54, 1.807) is 0 Å². The molecule has 0 aromatic rings. The van der Waals surface area contributed by atoms with Crippen molar-refractivity contribution < 1.29 is 21.4 Å². The van der Waals surface area contributed by atoms with Crippen molar-refractivity contribution >= 4 is 20.0 Å². The highest BCUT2D eigenvalue weighted by molar-refractivity contribution is 7.93. The van der Waals surface area contributed by atoms with Crippen LogP contribution in [0.5, 0.6) is 0 Å². The molecular formula is C5H11O5S2. The molecule has 12 heavy (non-hydrogen) atoms. The van der Waals surface area contributed by atoms with E-state index in [4.69, 9.17) is 4.55 Å². The van der Waals surface area contributed by atoms with Gasteiger partial charge < -0.3 is 0 Å². The summed E-state index contributed by atoms with van der Waals surface area (Å²) >= 11 is 0. The zero-order valence-corrected chi connectivity index (χ0v) is 8.23. The lowest BCUT2D eigenvalue weighted by Crippen LogP contribution is -2.27. The molecule has 0 fully saturated rings. The van der Waals surface area contributed by atoms with Crippen LogP contribution in [-0.2, 0) is 20.0 Å². The van der Waals surface area contributed by atoms with E-state index >= 15 is 0 Å². The van der Waals surface area contributed by atoms with Gasteiger partial charge in [-0.05, 0) is 6.42 Å². The maximum Gasteiger partial charge on any atom is 0.266 e. The Bertz CT molecular complexity index is 325. The smallest absolute Gasteiger partial charge is 0.266 e. The summed E-state index contributed by atoms with van der Waals surface area (Å²) in [5.41, 5.74) is 0. The normalized spacial score (nSPS) is 15.9. The monoisotopic (exact) mass is 215 g/mol. The van der Waals surface area contributed by atoms with Crippen molar-refractivity contribution in [3.05, 3.63) is 6.92 Å². The highest BCUT2D eigenvalue weighted by atomic mass is 32.2. The fourth-order valence-electron chi connectivity index (χ4n) is 0.656. The van der Waals surface area contributed by atoms with Crippen molar-refractivity contribution in [3.8, 4) is 0 Å². The van der Waals surface area contributed by atoms with E-state index < -0.39 is 31.0 Å². The molecule has 0 rings (SSSR count). The maximum absolute atomic E-state index is 10.8. The van der Waals surface area contributed by atoms with E-state index in [-0.39, 0.29) is 6.42 Å². The molecule has 7 heteroatoms. The molecule has 0 aliphatic carbocycles. The fourth-order valence-corrected chi connectivity index (χ4v) is 3.23. The summed E-state index contributed by atoms with van der Waals surface area (Å²) in [5.74, 6) is -0.782. The molecule has 73 valence electrons. The minimum absolute atomic E-state index is 0.0708. The quantitative estimate of drug-likeness (QED) is 0.639. The summed E-state index contributed by atoms with van der Waals surface area (Å²) in [4.78, 5) is 0. The van der Waals surface area contributed by atoms with Gasteiger partial charge in [-0.25, -0.2) is 8.42 Å². The summed E-state index contributed by atoms with van der Waals surface area (Å²) in [6.45, 7) is 3.28. The predicted octanol–water partition coefficient (Wildman–Crippen LogP) is -0.488. The summed E-state index contributed by atoms with van der Waals surface area (Å²) in [6.07, 6.45) is 0.840. The standard InChI is InChI=1S/C5H11O5S2/c1-3-5(11(2,6)7)4-12(8,9)10/h5H,1,3-4H2,2H3,(H,8,9,10). The van der Waals surface area contributed by atoms with Crippen LogP contribution in [-0.4, -0.2) is 38.6 Å². The minimum Gasteiger partial charge on any atom is -0.286 e. The highest BCUT2D eigenvalue weighted by Crippen LogP contribution is 2.06. The number of hydrogen-bond donors (Lipinski definition) is 1. The predicted molar refractivity (Wildman–Crippen MR) is 45.0 cm³/mol. The van der Waals surface area contributed by atoms with E-state index in [0.29, 0.717) is 0 Å². The second-order valence-corrected chi connectivity index (χ2v) is 6.31. The topological polar surface area (TPSA) is 88.5 Å². The summed E-state index contributed by atoms with van der Waals surface area (Å²) in [6, 6.07) is 0. The lowest BCUT2D eigenvalue weighted by Gasteiger charge is -2.09. The van der Waals surface area contributed by atoms with Gasteiger partial charge in [0.15, 0.2) is 9.84 Å². The molecule has 1 atom stereocenters.